The minimum absolute atomic E-state index is 0.0694. The van der Waals surface area contributed by atoms with Gasteiger partial charge in [0.2, 0.25) is 0 Å². The van der Waals surface area contributed by atoms with Crippen molar-refractivity contribution in [3.05, 3.63) is 65.0 Å². The first-order valence-electron chi connectivity index (χ1n) is 6.77. The van der Waals surface area contributed by atoms with Gasteiger partial charge in [0.1, 0.15) is 22.2 Å². The lowest BCUT2D eigenvalue weighted by Crippen LogP contribution is -2.14. The number of nitrogens with zero attached hydrogens (tertiary/aromatic N) is 1. The van der Waals surface area contributed by atoms with E-state index in [1.165, 1.54) is 12.1 Å². The molecule has 9 heteroatoms. The summed E-state index contributed by atoms with van der Waals surface area (Å²) in [5, 5.41) is 2.57. The number of rotatable bonds is 4. The number of ether oxygens (including phenoxy) is 1. The van der Waals surface area contributed by atoms with Crippen LogP contribution in [0.1, 0.15) is 0 Å². The zero-order valence-electron chi connectivity index (χ0n) is 12.2. The molecule has 1 heterocycles. The number of benzene rings is 2. The van der Waals surface area contributed by atoms with Gasteiger partial charge < -0.3 is 10.5 Å². The molecule has 0 aliphatic carbocycles. The molecule has 0 bridgehead atoms. The summed E-state index contributed by atoms with van der Waals surface area (Å²) >= 11 is 0. The van der Waals surface area contributed by atoms with E-state index in [0.717, 1.165) is 16.8 Å². The fourth-order valence-electron chi connectivity index (χ4n) is 2.14. The molecule has 0 saturated heterocycles. The largest absolute Gasteiger partial charge is 0.456 e. The molecule has 2 aromatic carbocycles. The number of nitrogens with one attached hydrogen (secondary N) is 1. The highest BCUT2D eigenvalue weighted by Gasteiger charge is 2.19. The molecule has 0 aliphatic heterocycles. The van der Waals surface area contributed by atoms with Crippen LogP contribution in [0.2, 0.25) is 0 Å². The lowest BCUT2D eigenvalue weighted by Gasteiger charge is -2.11. The SMILES string of the molecule is Nc1cc(=O)n(-c2ccc(Oc3ccccc3)c(S(=O)(=O)O)c2)[nH]1. The average molecular weight is 347 g/mol. The van der Waals surface area contributed by atoms with E-state index in [1.54, 1.807) is 30.3 Å². The molecule has 0 amide bonds. The maximum absolute atomic E-state index is 11.8. The molecule has 0 spiro atoms. The van der Waals surface area contributed by atoms with E-state index in [-0.39, 0.29) is 17.3 Å². The van der Waals surface area contributed by atoms with Crippen molar-refractivity contribution in [3.8, 4) is 17.2 Å². The van der Waals surface area contributed by atoms with Crippen molar-refractivity contribution >= 4 is 15.9 Å². The highest BCUT2D eigenvalue weighted by molar-refractivity contribution is 7.86. The van der Waals surface area contributed by atoms with Crippen LogP contribution in [0.4, 0.5) is 5.82 Å². The number of nitrogens with two attached hydrogens (primary N) is 1. The fraction of sp³-hybridized carbons (Fsp3) is 0. The van der Waals surface area contributed by atoms with Crippen LogP contribution in [0, 0.1) is 0 Å². The van der Waals surface area contributed by atoms with Gasteiger partial charge in [0.15, 0.2) is 0 Å². The summed E-state index contributed by atoms with van der Waals surface area (Å²) in [6, 6.07) is 13.6. The van der Waals surface area contributed by atoms with Crippen molar-refractivity contribution in [1.82, 2.24) is 9.78 Å². The number of nitrogen functional groups attached to an aromatic ring is 1. The molecule has 8 nitrogen and oxygen atoms in total. The van der Waals surface area contributed by atoms with Crippen LogP contribution < -0.4 is 16.0 Å². The van der Waals surface area contributed by atoms with Crippen LogP contribution in [0.3, 0.4) is 0 Å². The zero-order valence-corrected chi connectivity index (χ0v) is 13.0. The van der Waals surface area contributed by atoms with Gasteiger partial charge >= 0.3 is 0 Å². The maximum atomic E-state index is 11.8. The smallest absolute Gasteiger partial charge is 0.298 e. The normalized spacial score (nSPS) is 11.4. The molecule has 1 aromatic heterocycles. The third-order valence-corrected chi connectivity index (χ3v) is 4.05. The van der Waals surface area contributed by atoms with Crippen molar-refractivity contribution in [1.29, 1.82) is 0 Å². The summed E-state index contributed by atoms with van der Waals surface area (Å²) in [5.41, 5.74) is 5.22. The molecule has 124 valence electrons. The van der Waals surface area contributed by atoms with Crippen LogP contribution in [-0.4, -0.2) is 22.8 Å². The first-order chi connectivity index (χ1) is 11.3. The van der Waals surface area contributed by atoms with E-state index >= 15 is 0 Å². The Bertz CT molecular complexity index is 1040. The fourth-order valence-corrected chi connectivity index (χ4v) is 2.78. The summed E-state index contributed by atoms with van der Waals surface area (Å²) in [6.45, 7) is 0. The van der Waals surface area contributed by atoms with Crippen LogP contribution >= 0.6 is 0 Å². The Balaban J connectivity index is 2.11. The second-order valence-electron chi connectivity index (χ2n) is 4.91. The van der Waals surface area contributed by atoms with Gasteiger partial charge in [-0.1, -0.05) is 18.2 Å². The second kappa shape index (κ2) is 5.87. The quantitative estimate of drug-likeness (QED) is 0.617. The minimum Gasteiger partial charge on any atom is -0.456 e. The highest BCUT2D eigenvalue weighted by atomic mass is 32.2. The van der Waals surface area contributed by atoms with Crippen LogP contribution in [-0.2, 0) is 10.1 Å². The van der Waals surface area contributed by atoms with Gasteiger partial charge in [0.05, 0.1) is 5.69 Å². The molecule has 4 N–H and O–H groups in total. The summed E-state index contributed by atoms with van der Waals surface area (Å²) in [6.07, 6.45) is 0. The Hall–Kier alpha value is -3.04. The number of para-hydroxylation sites is 1. The van der Waals surface area contributed by atoms with Crippen molar-refractivity contribution < 1.29 is 17.7 Å². The number of anilines is 1. The van der Waals surface area contributed by atoms with E-state index in [0.29, 0.717) is 5.75 Å². The minimum atomic E-state index is -4.58. The topological polar surface area (TPSA) is 127 Å². The van der Waals surface area contributed by atoms with Gasteiger partial charge in [-0.3, -0.25) is 14.4 Å². The number of hydrogen-bond acceptors (Lipinski definition) is 5. The molecule has 3 aromatic rings. The van der Waals surface area contributed by atoms with Crippen molar-refractivity contribution in [2.45, 2.75) is 4.90 Å². The summed E-state index contributed by atoms with van der Waals surface area (Å²) in [5.74, 6) is 0.453. The summed E-state index contributed by atoms with van der Waals surface area (Å²) < 4.78 is 39.4. The predicted octanol–water partition coefficient (Wildman–Crippen LogP) is 1.79. The molecule has 0 atom stereocenters. The van der Waals surface area contributed by atoms with Crippen molar-refractivity contribution in [2.24, 2.45) is 0 Å². The van der Waals surface area contributed by atoms with Crippen molar-refractivity contribution in [3.63, 3.8) is 0 Å². The Kier molecular flexibility index (Phi) is 3.87. The highest BCUT2D eigenvalue weighted by Crippen LogP contribution is 2.30. The van der Waals surface area contributed by atoms with E-state index in [9.17, 15) is 17.8 Å². The third-order valence-electron chi connectivity index (χ3n) is 3.17. The maximum Gasteiger partial charge on any atom is 0.298 e. The summed E-state index contributed by atoms with van der Waals surface area (Å²) in [4.78, 5) is 11.3. The zero-order chi connectivity index (χ0) is 17.3. The van der Waals surface area contributed by atoms with E-state index in [1.807, 2.05) is 0 Å². The molecule has 0 unspecified atom stereocenters. The first-order valence-corrected chi connectivity index (χ1v) is 8.21. The number of aromatic nitrogens is 2. The Labute approximate surface area is 136 Å². The molecular weight excluding hydrogens is 334 g/mol. The molecule has 0 fully saturated rings. The van der Waals surface area contributed by atoms with Gasteiger partial charge in [-0.15, -0.1) is 0 Å². The first kappa shape index (κ1) is 15.8. The third kappa shape index (κ3) is 3.16. The lowest BCUT2D eigenvalue weighted by molar-refractivity contribution is 0.449. The summed E-state index contributed by atoms with van der Waals surface area (Å²) in [7, 11) is -4.58. The van der Waals surface area contributed by atoms with Gasteiger partial charge in [-0.05, 0) is 30.3 Å². The average Bonchev–Trinajstić information content (AvgIpc) is 2.86. The molecule has 0 radical (unpaired) electrons. The van der Waals surface area contributed by atoms with E-state index in [2.05, 4.69) is 5.10 Å². The Morgan fingerprint density at radius 1 is 1.08 bits per heavy atom. The number of aromatic amines is 1. The van der Waals surface area contributed by atoms with Gasteiger partial charge in [0.25, 0.3) is 15.7 Å². The monoisotopic (exact) mass is 347 g/mol. The molecule has 24 heavy (non-hydrogen) atoms. The van der Waals surface area contributed by atoms with Gasteiger partial charge in [-0.25, -0.2) is 4.68 Å². The molecule has 3 rings (SSSR count). The number of H-pyrrole nitrogens is 1. The predicted molar refractivity (Wildman–Crippen MR) is 87.1 cm³/mol. The number of hydrogen-bond donors (Lipinski definition) is 3. The molecular formula is C15H13N3O5S. The Morgan fingerprint density at radius 3 is 2.38 bits per heavy atom. The lowest BCUT2D eigenvalue weighted by atomic mass is 10.3. The van der Waals surface area contributed by atoms with Gasteiger partial charge in [-0.2, -0.15) is 8.42 Å². The standard InChI is InChI=1S/C15H13N3O5S/c16-14-9-15(19)18(17-14)10-6-7-12(13(8-10)24(20,21)22)23-11-4-2-1-3-5-11/h1-9,17H,16H2,(H,20,21,22). The van der Waals surface area contributed by atoms with Crippen LogP contribution in [0.25, 0.3) is 5.69 Å². The molecule has 0 aliphatic rings. The van der Waals surface area contributed by atoms with Crippen LogP contribution in [0.5, 0.6) is 11.5 Å². The van der Waals surface area contributed by atoms with Gasteiger partial charge in [0, 0.05) is 6.07 Å². The van der Waals surface area contributed by atoms with E-state index in [4.69, 9.17) is 10.5 Å². The second-order valence-corrected chi connectivity index (χ2v) is 6.30. The van der Waals surface area contributed by atoms with Crippen LogP contribution in [0.15, 0.2) is 64.3 Å². The van der Waals surface area contributed by atoms with Crippen molar-refractivity contribution in [2.75, 3.05) is 5.73 Å². The van der Waals surface area contributed by atoms with E-state index < -0.39 is 20.6 Å². The molecule has 0 saturated carbocycles. The Morgan fingerprint density at radius 2 is 1.79 bits per heavy atom.